The van der Waals surface area contributed by atoms with E-state index in [0.717, 1.165) is 0 Å². The molecule has 1 aromatic rings. The molecule has 19 heavy (non-hydrogen) atoms. The van der Waals surface area contributed by atoms with Crippen LogP contribution < -0.4 is 0 Å². The number of carbonyl (C=O) groups is 2. The molecule has 0 aliphatic heterocycles. The highest BCUT2D eigenvalue weighted by Crippen LogP contribution is 2.13. The largest absolute Gasteiger partial charge is 0.490 e. The van der Waals surface area contributed by atoms with Crippen LogP contribution in [0.2, 0.25) is 0 Å². The van der Waals surface area contributed by atoms with E-state index >= 15 is 0 Å². The van der Waals surface area contributed by atoms with Gasteiger partial charge in [0.2, 0.25) is 0 Å². The van der Waals surface area contributed by atoms with E-state index in [1.165, 1.54) is 12.7 Å². The molecule has 3 N–H and O–H groups in total. The molecule has 0 aliphatic carbocycles. The number of nitrogens with zero attached hydrogens (tertiary/aromatic N) is 2. The molecule has 0 saturated heterocycles. The topological polar surface area (TPSA) is 116 Å². The Labute approximate surface area is 99.4 Å². The maximum atomic E-state index is 10.6. The molecule has 0 amide bonds. The first-order valence-electron chi connectivity index (χ1n) is 3.78. The smallest absolute Gasteiger partial charge is 0.475 e. The van der Waals surface area contributed by atoms with Crippen LogP contribution in [0.3, 0.4) is 0 Å². The molecule has 1 heterocycles. The molecule has 0 atom stereocenters. The maximum Gasteiger partial charge on any atom is 0.490 e. The van der Waals surface area contributed by atoms with Crippen LogP contribution in [-0.4, -0.2) is 49.7 Å². The number of halogens is 6. The second-order valence-electron chi connectivity index (χ2n) is 2.26. The summed E-state index contributed by atoms with van der Waals surface area (Å²) in [5.74, 6) is -5.51. The minimum absolute atomic E-state index is 1.44. The first kappa shape index (κ1) is 19.0. The van der Waals surface area contributed by atoms with Crippen LogP contribution in [0.4, 0.5) is 26.3 Å². The van der Waals surface area contributed by atoms with Crippen LogP contribution in [0.1, 0.15) is 0 Å². The fourth-order valence-electron chi connectivity index (χ4n) is 0.167. The van der Waals surface area contributed by atoms with Crippen LogP contribution in [0.25, 0.3) is 0 Å². The molecule has 0 aromatic carbocycles. The normalized spacial score (nSPS) is 10.4. The number of hydrogen-bond donors (Lipinski definition) is 3. The van der Waals surface area contributed by atoms with E-state index in [1.807, 2.05) is 0 Å². The van der Waals surface area contributed by atoms with Gasteiger partial charge in [0, 0.05) is 0 Å². The number of aliphatic carboxylic acids is 2. The number of aromatic amines is 1. The first-order valence-corrected chi connectivity index (χ1v) is 3.78. The van der Waals surface area contributed by atoms with Gasteiger partial charge in [-0.1, -0.05) is 0 Å². The average Bonchev–Trinajstić information content (AvgIpc) is 2.72. The number of carboxylic acid groups (broad SMARTS) is 2. The van der Waals surface area contributed by atoms with Crippen molar-refractivity contribution in [2.24, 2.45) is 0 Å². The van der Waals surface area contributed by atoms with Gasteiger partial charge < -0.3 is 10.2 Å². The summed E-state index contributed by atoms with van der Waals surface area (Å²) in [6, 6.07) is 0. The minimum atomic E-state index is -5.08. The van der Waals surface area contributed by atoms with Crippen molar-refractivity contribution in [1.29, 1.82) is 0 Å². The van der Waals surface area contributed by atoms with Gasteiger partial charge in [-0.15, -0.1) is 0 Å². The summed E-state index contributed by atoms with van der Waals surface area (Å²) in [7, 11) is 0. The van der Waals surface area contributed by atoms with Gasteiger partial charge in [0.25, 0.3) is 0 Å². The van der Waals surface area contributed by atoms with Crippen molar-refractivity contribution in [2.75, 3.05) is 0 Å². The van der Waals surface area contributed by atoms with Gasteiger partial charge in [0.15, 0.2) is 0 Å². The Morgan fingerprint density at radius 3 is 1.32 bits per heavy atom. The molecular weight excluding hydrogens is 292 g/mol. The SMILES string of the molecule is O=C(O)C(F)(F)F.O=C(O)C(F)(F)F.c1nc[nH]n1. The Bertz CT molecular complexity index is 332. The highest BCUT2D eigenvalue weighted by atomic mass is 19.4. The molecular formula is C6H5F6N3O4. The third-order valence-corrected chi connectivity index (χ3v) is 0.816. The van der Waals surface area contributed by atoms with Crippen LogP contribution in [0, 0.1) is 0 Å². The van der Waals surface area contributed by atoms with Crippen molar-refractivity contribution in [3.8, 4) is 0 Å². The molecule has 0 fully saturated rings. The van der Waals surface area contributed by atoms with Gasteiger partial charge in [-0.2, -0.15) is 31.4 Å². The lowest BCUT2D eigenvalue weighted by atomic mass is 10.7. The van der Waals surface area contributed by atoms with Crippen molar-refractivity contribution >= 4 is 11.9 Å². The number of nitrogens with one attached hydrogen (secondary N) is 1. The second kappa shape index (κ2) is 7.88. The zero-order valence-corrected chi connectivity index (χ0v) is 8.53. The van der Waals surface area contributed by atoms with Crippen LogP contribution in [0.5, 0.6) is 0 Å². The molecule has 110 valence electrons. The van der Waals surface area contributed by atoms with Crippen LogP contribution in [0.15, 0.2) is 12.7 Å². The van der Waals surface area contributed by atoms with Crippen LogP contribution >= 0.6 is 0 Å². The molecule has 0 aliphatic rings. The summed E-state index contributed by atoms with van der Waals surface area (Å²) in [5.41, 5.74) is 0. The van der Waals surface area contributed by atoms with Gasteiger partial charge in [0.05, 0.1) is 0 Å². The molecule has 0 bridgehead atoms. The lowest BCUT2D eigenvalue weighted by Crippen LogP contribution is -2.21. The van der Waals surface area contributed by atoms with Crippen molar-refractivity contribution in [3.05, 3.63) is 12.7 Å². The van der Waals surface area contributed by atoms with Gasteiger partial charge >= 0.3 is 24.3 Å². The standard InChI is InChI=1S/2C2HF3O2.C2H3N3/c2*3-2(4,5)1(6)7;1-3-2-5-4-1/h2*(H,6,7);1-2H,(H,3,4,5). The fourth-order valence-corrected chi connectivity index (χ4v) is 0.167. The van der Waals surface area contributed by atoms with Crippen molar-refractivity contribution in [2.45, 2.75) is 12.4 Å². The first-order chi connectivity index (χ1) is 8.39. The van der Waals surface area contributed by atoms with E-state index in [4.69, 9.17) is 19.8 Å². The average molecular weight is 297 g/mol. The molecule has 0 spiro atoms. The van der Waals surface area contributed by atoms with Crippen LogP contribution in [-0.2, 0) is 9.59 Å². The zero-order valence-electron chi connectivity index (χ0n) is 8.53. The number of H-pyrrole nitrogens is 1. The summed E-state index contributed by atoms with van der Waals surface area (Å²) in [5, 5.41) is 20.2. The Kier molecular flexibility index (Phi) is 7.89. The number of alkyl halides is 6. The van der Waals surface area contributed by atoms with Crippen molar-refractivity contribution in [3.63, 3.8) is 0 Å². The molecule has 1 rings (SSSR count). The zero-order chi connectivity index (χ0) is 15.7. The fraction of sp³-hybridized carbons (Fsp3) is 0.333. The lowest BCUT2D eigenvalue weighted by Gasteiger charge is -1.93. The van der Waals surface area contributed by atoms with Crippen molar-refractivity contribution in [1.82, 2.24) is 15.2 Å². The van der Waals surface area contributed by atoms with Gasteiger partial charge in [-0.25, -0.2) is 14.6 Å². The summed E-state index contributed by atoms with van der Waals surface area (Å²) in [4.78, 5) is 21.3. The van der Waals surface area contributed by atoms with E-state index < -0.39 is 24.3 Å². The van der Waals surface area contributed by atoms with E-state index in [0.29, 0.717) is 0 Å². The monoisotopic (exact) mass is 297 g/mol. The highest BCUT2D eigenvalue weighted by Gasteiger charge is 2.38. The summed E-state index contributed by atoms with van der Waals surface area (Å²) in [6.45, 7) is 0. The van der Waals surface area contributed by atoms with Crippen molar-refractivity contribution < 1.29 is 46.1 Å². The van der Waals surface area contributed by atoms with Gasteiger partial charge in [-0.05, 0) is 0 Å². The third kappa shape index (κ3) is 13.6. The molecule has 0 saturated carbocycles. The third-order valence-electron chi connectivity index (χ3n) is 0.816. The lowest BCUT2D eigenvalue weighted by molar-refractivity contribution is -0.193. The van der Waals surface area contributed by atoms with E-state index in [2.05, 4.69) is 15.2 Å². The number of rotatable bonds is 0. The summed E-state index contributed by atoms with van der Waals surface area (Å²) in [6.07, 6.45) is -7.21. The summed E-state index contributed by atoms with van der Waals surface area (Å²) >= 11 is 0. The van der Waals surface area contributed by atoms with E-state index in [-0.39, 0.29) is 0 Å². The quantitative estimate of drug-likeness (QED) is 0.617. The number of carboxylic acids is 2. The summed E-state index contributed by atoms with van der Waals surface area (Å²) < 4.78 is 63.5. The van der Waals surface area contributed by atoms with E-state index in [1.54, 1.807) is 0 Å². The predicted octanol–water partition coefficient (Wildman–Crippen LogP) is 1.07. The maximum absolute atomic E-state index is 10.6. The second-order valence-corrected chi connectivity index (χ2v) is 2.26. The van der Waals surface area contributed by atoms with E-state index in [9.17, 15) is 26.3 Å². The highest BCUT2D eigenvalue weighted by molar-refractivity contribution is 5.73. The Morgan fingerprint density at radius 2 is 1.26 bits per heavy atom. The Morgan fingerprint density at radius 1 is 0.947 bits per heavy atom. The molecule has 13 heteroatoms. The van der Waals surface area contributed by atoms with Gasteiger partial charge in [0.1, 0.15) is 12.7 Å². The van der Waals surface area contributed by atoms with Gasteiger partial charge in [-0.3, -0.25) is 5.10 Å². The molecule has 1 aromatic heterocycles. The Balaban J connectivity index is 0. The minimum Gasteiger partial charge on any atom is -0.475 e. The predicted molar refractivity (Wildman–Crippen MR) is 43.8 cm³/mol. The molecule has 7 nitrogen and oxygen atoms in total. The molecule has 0 unspecified atom stereocenters. The number of aromatic nitrogens is 3. The Hall–Kier alpha value is -2.34. The number of hydrogen-bond acceptors (Lipinski definition) is 4. The molecule has 0 radical (unpaired) electrons.